The van der Waals surface area contributed by atoms with Gasteiger partial charge in [-0.25, -0.2) is 0 Å². The molecule has 2 heteroatoms. The molecule has 1 unspecified atom stereocenters. The molecule has 12 heavy (non-hydrogen) atoms. The molecule has 0 aliphatic rings. The summed E-state index contributed by atoms with van der Waals surface area (Å²) in [5, 5.41) is 0. The van der Waals surface area contributed by atoms with E-state index < -0.39 is 0 Å². The summed E-state index contributed by atoms with van der Waals surface area (Å²) >= 11 is 0. The number of nitrogens with zero attached hydrogens (tertiary/aromatic N) is 1. The van der Waals surface area contributed by atoms with Crippen molar-refractivity contribution in [2.24, 2.45) is 0 Å². The minimum absolute atomic E-state index is 0.648. The van der Waals surface area contributed by atoms with Gasteiger partial charge in [0, 0.05) is 6.42 Å². The molecule has 0 saturated heterocycles. The molecule has 0 aliphatic carbocycles. The smallest absolute Gasteiger partial charge is 0.0877 e. The maximum absolute atomic E-state index is 5.32. The van der Waals surface area contributed by atoms with Gasteiger partial charge in [0.1, 0.15) is 0 Å². The van der Waals surface area contributed by atoms with Crippen molar-refractivity contribution in [3.05, 3.63) is 12.7 Å². The lowest BCUT2D eigenvalue weighted by molar-refractivity contribution is -0.894. The van der Waals surface area contributed by atoms with Crippen LogP contribution in [0.3, 0.4) is 0 Å². The Morgan fingerprint density at radius 2 is 2.00 bits per heavy atom. The van der Waals surface area contributed by atoms with Gasteiger partial charge in [-0.3, -0.25) is 0 Å². The third kappa shape index (κ3) is 5.33. The summed E-state index contributed by atoms with van der Waals surface area (Å²) in [6.45, 7) is 7.35. The van der Waals surface area contributed by atoms with Crippen LogP contribution in [-0.2, 0) is 4.74 Å². The zero-order valence-corrected chi connectivity index (χ0v) is 8.84. The zero-order chi connectivity index (χ0) is 9.61. The van der Waals surface area contributed by atoms with Gasteiger partial charge in [-0.1, -0.05) is 6.08 Å². The molecule has 0 radical (unpaired) electrons. The van der Waals surface area contributed by atoms with Crippen LogP contribution in [0.5, 0.6) is 0 Å². The largest absolute Gasteiger partial charge is 0.377 e. The first-order valence-corrected chi connectivity index (χ1v) is 4.48. The fourth-order valence-electron chi connectivity index (χ4n) is 0.808. The molecule has 0 heterocycles. The summed E-state index contributed by atoms with van der Waals surface area (Å²) in [4.78, 5) is 0. The Labute approximate surface area is 76.4 Å². The topological polar surface area (TPSA) is 9.23 Å². The second kappa shape index (κ2) is 5.33. The highest BCUT2D eigenvalue weighted by molar-refractivity contribution is 4.63. The molecule has 0 amide bonds. The number of quaternary nitrogens is 1. The van der Waals surface area contributed by atoms with Crippen molar-refractivity contribution >= 4 is 0 Å². The van der Waals surface area contributed by atoms with Gasteiger partial charge in [-0.15, -0.1) is 6.58 Å². The fraction of sp³-hybridized carbons (Fsp3) is 0.800. The zero-order valence-electron chi connectivity index (χ0n) is 8.84. The second-order valence-corrected chi connectivity index (χ2v) is 4.12. The molecule has 0 spiro atoms. The van der Waals surface area contributed by atoms with E-state index in [9.17, 15) is 0 Å². The van der Waals surface area contributed by atoms with Crippen LogP contribution in [0.25, 0.3) is 0 Å². The molecule has 2 nitrogen and oxygen atoms in total. The molecule has 0 aromatic carbocycles. The molecule has 1 atom stereocenters. The molecule has 0 fully saturated rings. The maximum Gasteiger partial charge on any atom is 0.0877 e. The van der Waals surface area contributed by atoms with Crippen LogP contribution < -0.4 is 0 Å². The highest BCUT2D eigenvalue weighted by Crippen LogP contribution is 2.05. The Morgan fingerprint density at radius 1 is 1.42 bits per heavy atom. The standard InChI is InChI=1S/C10H22NO/c1-6-8-12-9-7-10(2)11(3,4)5/h6,10H,1,7-9H2,2-5H3/q+1. The van der Waals surface area contributed by atoms with Crippen LogP contribution in [0.4, 0.5) is 0 Å². The predicted molar refractivity (Wildman–Crippen MR) is 53.1 cm³/mol. The first kappa shape index (κ1) is 11.7. The molecule has 0 aromatic rings. The van der Waals surface area contributed by atoms with Crippen molar-refractivity contribution in [3.8, 4) is 0 Å². The maximum atomic E-state index is 5.32. The molecule has 0 saturated carbocycles. The van der Waals surface area contributed by atoms with E-state index in [4.69, 9.17) is 4.74 Å². The molecule has 0 aromatic heterocycles. The molecule has 0 rings (SSSR count). The third-order valence-corrected chi connectivity index (χ3v) is 2.24. The van der Waals surface area contributed by atoms with Gasteiger partial charge in [-0.2, -0.15) is 0 Å². The highest BCUT2D eigenvalue weighted by atomic mass is 16.5. The summed E-state index contributed by atoms with van der Waals surface area (Å²) < 4.78 is 6.32. The van der Waals surface area contributed by atoms with Gasteiger partial charge >= 0.3 is 0 Å². The van der Waals surface area contributed by atoms with Crippen LogP contribution in [0.15, 0.2) is 12.7 Å². The van der Waals surface area contributed by atoms with E-state index in [2.05, 4.69) is 34.6 Å². The molecule has 0 aliphatic heterocycles. The third-order valence-electron chi connectivity index (χ3n) is 2.24. The molecule has 0 N–H and O–H groups in total. The Bertz CT molecular complexity index is 126. The summed E-state index contributed by atoms with van der Waals surface area (Å²) in [6, 6.07) is 0.648. The van der Waals surface area contributed by atoms with E-state index in [1.54, 1.807) is 6.08 Å². The van der Waals surface area contributed by atoms with Crippen LogP contribution in [0.1, 0.15) is 13.3 Å². The Balaban J connectivity index is 3.44. The number of hydrogen-bond donors (Lipinski definition) is 0. The van der Waals surface area contributed by atoms with Crippen molar-refractivity contribution in [1.82, 2.24) is 0 Å². The quantitative estimate of drug-likeness (QED) is 0.336. The van der Waals surface area contributed by atoms with Crippen LogP contribution >= 0.6 is 0 Å². The first-order valence-electron chi connectivity index (χ1n) is 4.48. The molecule has 72 valence electrons. The first-order chi connectivity index (χ1) is 5.48. The van der Waals surface area contributed by atoms with Gasteiger partial charge in [0.25, 0.3) is 0 Å². The Kier molecular flexibility index (Phi) is 5.18. The minimum atomic E-state index is 0.648. The fourth-order valence-corrected chi connectivity index (χ4v) is 0.808. The number of hydrogen-bond acceptors (Lipinski definition) is 1. The van der Waals surface area contributed by atoms with Gasteiger partial charge in [0.2, 0.25) is 0 Å². The van der Waals surface area contributed by atoms with E-state index in [0.717, 1.165) is 17.5 Å². The van der Waals surface area contributed by atoms with Gasteiger partial charge in [-0.05, 0) is 6.92 Å². The van der Waals surface area contributed by atoms with Crippen molar-refractivity contribution in [1.29, 1.82) is 0 Å². The summed E-state index contributed by atoms with van der Waals surface area (Å²) in [7, 11) is 6.62. The average Bonchev–Trinajstić information content (AvgIpc) is 1.96. The normalized spacial score (nSPS) is 14.3. The van der Waals surface area contributed by atoms with E-state index in [1.807, 2.05) is 0 Å². The summed E-state index contributed by atoms with van der Waals surface area (Å²) in [5.41, 5.74) is 0. The Morgan fingerprint density at radius 3 is 2.42 bits per heavy atom. The van der Waals surface area contributed by atoms with E-state index in [0.29, 0.717) is 12.6 Å². The lowest BCUT2D eigenvalue weighted by Gasteiger charge is -2.31. The number of ether oxygens (including phenoxy) is 1. The van der Waals surface area contributed by atoms with Crippen LogP contribution in [0, 0.1) is 0 Å². The Hall–Kier alpha value is -0.340. The van der Waals surface area contributed by atoms with E-state index in [1.165, 1.54) is 0 Å². The summed E-state index contributed by atoms with van der Waals surface area (Å²) in [5.74, 6) is 0. The number of rotatable bonds is 6. The van der Waals surface area contributed by atoms with E-state index in [-0.39, 0.29) is 0 Å². The van der Waals surface area contributed by atoms with Gasteiger partial charge in [0.15, 0.2) is 0 Å². The van der Waals surface area contributed by atoms with E-state index >= 15 is 0 Å². The van der Waals surface area contributed by atoms with Gasteiger partial charge < -0.3 is 9.22 Å². The average molecular weight is 172 g/mol. The van der Waals surface area contributed by atoms with Crippen molar-refractivity contribution in [3.63, 3.8) is 0 Å². The summed E-state index contributed by atoms with van der Waals surface area (Å²) in [6.07, 6.45) is 2.90. The molecular weight excluding hydrogens is 150 g/mol. The lowest BCUT2D eigenvalue weighted by atomic mass is 10.2. The van der Waals surface area contributed by atoms with Crippen molar-refractivity contribution in [2.45, 2.75) is 19.4 Å². The lowest BCUT2D eigenvalue weighted by Crippen LogP contribution is -2.43. The monoisotopic (exact) mass is 172 g/mol. The SMILES string of the molecule is C=CCOCCC(C)[N+](C)(C)C. The predicted octanol–water partition coefficient (Wildman–Crippen LogP) is 1.67. The van der Waals surface area contributed by atoms with Gasteiger partial charge in [0.05, 0.1) is 40.4 Å². The van der Waals surface area contributed by atoms with Crippen molar-refractivity contribution in [2.75, 3.05) is 34.4 Å². The van der Waals surface area contributed by atoms with Crippen LogP contribution in [-0.4, -0.2) is 44.9 Å². The molecular formula is C10H22NO+. The highest BCUT2D eigenvalue weighted by Gasteiger charge is 2.17. The molecule has 0 bridgehead atoms. The van der Waals surface area contributed by atoms with Crippen molar-refractivity contribution < 1.29 is 9.22 Å². The minimum Gasteiger partial charge on any atom is -0.377 e. The van der Waals surface area contributed by atoms with Crippen LogP contribution in [0.2, 0.25) is 0 Å². The second-order valence-electron chi connectivity index (χ2n) is 4.12.